The number of likely N-dealkylation sites (tertiary alicyclic amines) is 2. The second-order valence-electron chi connectivity index (χ2n) is 10.9. The number of amides is 3. The van der Waals surface area contributed by atoms with Crippen molar-refractivity contribution in [1.82, 2.24) is 15.1 Å². The molecule has 2 atom stereocenters. The molecule has 5 rings (SSSR count). The van der Waals surface area contributed by atoms with Crippen LogP contribution in [0.25, 0.3) is 0 Å². The standard InChI is InChI=1S/C26H33F2N5O2/c27-26(28,18-4-2-1-3-5-18)9-8-20(22(34)31-25(16-29)10-11-25)21-24(17-33(21)23(30)35)12-14-32(15-13-24)19-6-7-19/h1-5,19-21H,6-15,17H2,(H2,30,35)(H,31,34)/t20-,21?/m0/s1. The number of primary amides is 1. The summed E-state index contributed by atoms with van der Waals surface area (Å²) >= 11 is 0. The fraction of sp³-hybridized carbons (Fsp3) is 0.654. The van der Waals surface area contributed by atoms with Gasteiger partial charge >= 0.3 is 6.03 Å². The largest absolute Gasteiger partial charge is 0.351 e. The topological polar surface area (TPSA) is 102 Å². The number of nitrogens with two attached hydrogens (primary N) is 1. The molecule has 3 N–H and O–H groups in total. The van der Waals surface area contributed by atoms with Gasteiger partial charge in [-0.2, -0.15) is 5.26 Å². The highest BCUT2D eigenvalue weighted by Crippen LogP contribution is 2.52. The molecule has 2 saturated heterocycles. The molecule has 0 aromatic heterocycles. The number of hydrogen-bond donors (Lipinski definition) is 2. The summed E-state index contributed by atoms with van der Waals surface area (Å²) in [5.41, 5.74) is 4.36. The molecule has 4 aliphatic rings. The number of benzene rings is 1. The molecule has 1 spiro atoms. The maximum atomic E-state index is 15.1. The van der Waals surface area contributed by atoms with Gasteiger partial charge in [-0.15, -0.1) is 0 Å². The van der Waals surface area contributed by atoms with Crippen molar-refractivity contribution in [2.75, 3.05) is 19.6 Å². The summed E-state index contributed by atoms with van der Waals surface area (Å²) in [6, 6.07) is 9.21. The Morgan fingerprint density at radius 2 is 1.83 bits per heavy atom. The van der Waals surface area contributed by atoms with Crippen molar-refractivity contribution in [3.05, 3.63) is 35.9 Å². The molecule has 2 aliphatic carbocycles. The zero-order chi connectivity index (χ0) is 24.8. The van der Waals surface area contributed by atoms with Gasteiger partial charge in [0.25, 0.3) is 5.92 Å². The predicted octanol–water partition coefficient (Wildman–Crippen LogP) is 3.35. The molecular weight excluding hydrogens is 452 g/mol. The Bertz CT molecular complexity index is 1010. The third-order valence-electron chi connectivity index (χ3n) is 8.60. The van der Waals surface area contributed by atoms with Crippen LogP contribution in [0.5, 0.6) is 0 Å². The minimum absolute atomic E-state index is 0.0948. The summed E-state index contributed by atoms with van der Waals surface area (Å²) in [7, 11) is 0. The number of piperidine rings is 1. The minimum atomic E-state index is -3.11. The van der Waals surface area contributed by atoms with Crippen LogP contribution in [0.1, 0.15) is 56.9 Å². The van der Waals surface area contributed by atoms with E-state index in [0.29, 0.717) is 25.4 Å². The maximum Gasteiger partial charge on any atom is 0.315 e. The van der Waals surface area contributed by atoms with Gasteiger partial charge in [-0.3, -0.25) is 4.79 Å². The summed E-state index contributed by atoms with van der Waals surface area (Å²) in [6.45, 7) is 2.21. The Morgan fingerprint density at radius 3 is 2.37 bits per heavy atom. The Balaban J connectivity index is 1.39. The lowest BCUT2D eigenvalue weighted by Crippen LogP contribution is -2.73. The van der Waals surface area contributed by atoms with Gasteiger partial charge in [0, 0.05) is 30.0 Å². The molecule has 2 saturated carbocycles. The maximum absolute atomic E-state index is 15.1. The molecule has 3 amide bonds. The molecule has 2 aliphatic heterocycles. The van der Waals surface area contributed by atoms with Crippen molar-refractivity contribution < 1.29 is 18.4 Å². The van der Waals surface area contributed by atoms with Gasteiger partial charge in [0.1, 0.15) is 5.54 Å². The first-order valence-corrected chi connectivity index (χ1v) is 12.7. The van der Waals surface area contributed by atoms with Crippen LogP contribution in [-0.4, -0.2) is 59.0 Å². The van der Waals surface area contributed by atoms with Gasteiger partial charge in [0.05, 0.1) is 18.0 Å². The van der Waals surface area contributed by atoms with Crippen molar-refractivity contribution in [3.8, 4) is 6.07 Å². The Kier molecular flexibility index (Phi) is 5.99. The molecular formula is C26H33F2N5O2. The molecule has 7 nitrogen and oxygen atoms in total. The first-order chi connectivity index (χ1) is 16.7. The average Bonchev–Trinajstić information content (AvgIpc) is 3.77. The SMILES string of the molecule is N#CC1(NC(=O)[C@@H](CCC(F)(F)c2ccccc2)C2N(C(N)=O)CC23CCN(C2CC2)CC3)CC1. The van der Waals surface area contributed by atoms with Crippen LogP contribution in [0.4, 0.5) is 13.6 Å². The van der Waals surface area contributed by atoms with E-state index >= 15 is 8.78 Å². The fourth-order valence-corrected chi connectivity index (χ4v) is 6.15. The number of alkyl halides is 2. The lowest BCUT2D eigenvalue weighted by molar-refractivity contribution is -0.146. The van der Waals surface area contributed by atoms with E-state index in [4.69, 9.17) is 5.73 Å². The smallest absolute Gasteiger partial charge is 0.315 e. The number of rotatable bonds is 8. The van der Waals surface area contributed by atoms with Crippen LogP contribution in [0.15, 0.2) is 30.3 Å². The first-order valence-electron chi connectivity index (χ1n) is 12.7. The molecule has 1 aromatic rings. The van der Waals surface area contributed by atoms with E-state index in [2.05, 4.69) is 16.3 Å². The lowest BCUT2D eigenvalue weighted by Gasteiger charge is -2.62. The Labute approximate surface area is 204 Å². The number of carbonyl (C=O) groups excluding carboxylic acids is 2. The Hall–Kier alpha value is -2.73. The highest BCUT2D eigenvalue weighted by molar-refractivity contribution is 5.83. The van der Waals surface area contributed by atoms with E-state index in [9.17, 15) is 14.9 Å². The van der Waals surface area contributed by atoms with Crippen molar-refractivity contribution in [1.29, 1.82) is 5.26 Å². The first kappa shape index (κ1) is 24.0. The van der Waals surface area contributed by atoms with Crippen LogP contribution in [0.3, 0.4) is 0 Å². The molecule has 1 unspecified atom stereocenters. The second kappa shape index (κ2) is 8.74. The number of hydrogen-bond acceptors (Lipinski definition) is 4. The van der Waals surface area contributed by atoms with E-state index < -0.39 is 41.8 Å². The van der Waals surface area contributed by atoms with Crippen LogP contribution >= 0.6 is 0 Å². The predicted molar refractivity (Wildman–Crippen MR) is 125 cm³/mol. The van der Waals surface area contributed by atoms with Crippen molar-refractivity contribution in [2.24, 2.45) is 17.1 Å². The number of urea groups is 1. The van der Waals surface area contributed by atoms with Crippen LogP contribution < -0.4 is 11.1 Å². The third-order valence-corrected chi connectivity index (χ3v) is 8.60. The van der Waals surface area contributed by atoms with Gasteiger partial charge in [0.2, 0.25) is 5.91 Å². The number of carbonyl (C=O) groups is 2. The minimum Gasteiger partial charge on any atom is -0.351 e. The zero-order valence-electron chi connectivity index (χ0n) is 19.9. The summed E-state index contributed by atoms with van der Waals surface area (Å²) in [5.74, 6) is -4.40. The van der Waals surface area contributed by atoms with Crippen molar-refractivity contribution >= 4 is 11.9 Å². The van der Waals surface area contributed by atoms with Gasteiger partial charge in [0.15, 0.2) is 0 Å². The number of halogens is 2. The fourth-order valence-electron chi connectivity index (χ4n) is 6.15. The summed E-state index contributed by atoms with van der Waals surface area (Å²) in [4.78, 5) is 29.8. The van der Waals surface area contributed by atoms with E-state index in [-0.39, 0.29) is 17.4 Å². The van der Waals surface area contributed by atoms with Gasteiger partial charge in [-0.1, -0.05) is 30.3 Å². The van der Waals surface area contributed by atoms with Crippen LogP contribution in [0.2, 0.25) is 0 Å². The molecule has 9 heteroatoms. The van der Waals surface area contributed by atoms with Crippen molar-refractivity contribution in [3.63, 3.8) is 0 Å². The average molecular weight is 486 g/mol. The highest BCUT2D eigenvalue weighted by atomic mass is 19.3. The molecule has 0 radical (unpaired) electrons. The van der Waals surface area contributed by atoms with Crippen molar-refractivity contribution in [2.45, 2.75) is 74.9 Å². The van der Waals surface area contributed by atoms with Gasteiger partial charge in [-0.25, -0.2) is 13.6 Å². The normalized spacial score (nSPS) is 25.9. The quantitative estimate of drug-likeness (QED) is 0.589. The zero-order valence-corrected chi connectivity index (χ0v) is 19.9. The van der Waals surface area contributed by atoms with Crippen LogP contribution in [-0.2, 0) is 10.7 Å². The molecule has 188 valence electrons. The molecule has 0 bridgehead atoms. The highest BCUT2D eigenvalue weighted by Gasteiger charge is 2.60. The summed E-state index contributed by atoms with van der Waals surface area (Å²) < 4.78 is 30.2. The van der Waals surface area contributed by atoms with E-state index in [1.54, 1.807) is 18.2 Å². The third kappa shape index (κ3) is 4.61. The molecule has 2 heterocycles. The lowest BCUT2D eigenvalue weighted by atomic mass is 9.60. The molecule has 4 fully saturated rings. The van der Waals surface area contributed by atoms with E-state index in [1.807, 2.05) is 0 Å². The van der Waals surface area contributed by atoms with E-state index in [0.717, 1.165) is 25.9 Å². The van der Waals surface area contributed by atoms with Gasteiger partial charge < -0.3 is 20.9 Å². The number of nitrogens with one attached hydrogen (secondary N) is 1. The summed E-state index contributed by atoms with van der Waals surface area (Å²) in [6.07, 6.45) is 4.50. The Morgan fingerprint density at radius 1 is 1.17 bits per heavy atom. The molecule has 35 heavy (non-hydrogen) atoms. The number of nitrogens with zero attached hydrogens (tertiary/aromatic N) is 3. The van der Waals surface area contributed by atoms with Gasteiger partial charge in [-0.05, 0) is 58.0 Å². The monoisotopic (exact) mass is 485 g/mol. The molecule has 1 aromatic carbocycles. The van der Waals surface area contributed by atoms with E-state index in [1.165, 1.54) is 29.9 Å². The van der Waals surface area contributed by atoms with Crippen LogP contribution in [0, 0.1) is 22.7 Å². The second-order valence-corrected chi connectivity index (χ2v) is 10.9. The summed E-state index contributed by atoms with van der Waals surface area (Å²) in [5, 5.41) is 12.3. The number of nitriles is 1.